The van der Waals surface area contributed by atoms with Crippen molar-refractivity contribution in [1.29, 1.82) is 0 Å². The maximum Gasteiger partial charge on any atom is 0.261 e. The fourth-order valence-corrected chi connectivity index (χ4v) is 2.10. The molecule has 1 heterocycles. The first-order valence-corrected chi connectivity index (χ1v) is 4.89. The van der Waals surface area contributed by atoms with Gasteiger partial charge in [-0.2, -0.15) is 0 Å². The second-order valence-corrected chi connectivity index (χ2v) is 4.66. The molecule has 0 aliphatic heterocycles. The van der Waals surface area contributed by atoms with E-state index in [2.05, 4.69) is 15.9 Å². The summed E-state index contributed by atoms with van der Waals surface area (Å²) in [6.45, 7) is -0.226. The first-order valence-electron chi connectivity index (χ1n) is 3.28. The standard InChI is InChI=1S/C7H7BrF2OS/c8-6-2-1-5(12-6)3-11-4-7(9)10/h1-2,7H,3-4H2. The molecule has 68 valence electrons. The minimum Gasteiger partial charge on any atom is -0.370 e. The summed E-state index contributed by atoms with van der Waals surface area (Å²) in [6, 6.07) is 3.71. The van der Waals surface area contributed by atoms with Crippen molar-refractivity contribution >= 4 is 27.3 Å². The third kappa shape index (κ3) is 3.60. The first kappa shape index (κ1) is 10.1. The molecule has 0 aliphatic carbocycles. The van der Waals surface area contributed by atoms with Gasteiger partial charge in [-0.1, -0.05) is 0 Å². The van der Waals surface area contributed by atoms with E-state index in [1.807, 2.05) is 12.1 Å². The lowest BCUT2D eigenvalue weighted by atomic mass is 10.5. The Morgan fingerprint density at radius 2 is 2.25 bits per heavy atom. The number of rotatable bonds is 4. The van der Waals surface area contributed by atoms with E-state index in [9.17, 15) is 8.78 Å². The highest BCUT2D eigenvalue weighted by Gasteiger charge is 2.03. The van der Waals surface area contributed by atoms with Crippen molar-refractivity contribution in [1.82, 2.24) is 0 Å². The van der Waals surface area contributed by atoms with Crippen LogP contribution in [0.1, 0.15) is 4.88 Å². The lowest BCUT2D eigenvalue weighted by molar-refractivity contribution is 0.0108. The van der Waals surface area contributed by atoms with Gasteiger partial charge in [0.25, 0.3) is 6.43 Å². The van der Waals surface area contributed by atoms with Crippen molar-refractivity contribution in [3.63, 3.8) is 0 Å². The zero-order chi connectivity index (χ0) is 8.97. The zero-order valence-electron chi connectivity index (χ0n) is 6.10. The largest absolute Gasteiger partial charge is 0.370 e. The van der Waals surface area contributed by atoms with Crippen LogP contribution in [-0.2, 0) is 11.3 Å². The molecule has 5 heteroatoms. The Kier molecular flexibility index (Phi) is 4.11. The monoisotopic (exact) mass is 256 g/mol. The quantitative estimate of drug-likeness (QED) is 0.804. The highest BCUT2D eigenvalue weighted by molar-refractivity contribution is 9.11. The lowest BCUT2D eigenvalue weighted by Crippen LogP contribution is -2.03. The van der Waals surface area contributed by atoms with Crippen LogP contribution in [0.15, 0.2) is 15.9 Å². The van der Waals surface area contributed by atoms with E-state index in [4.69, 9.17) is 4.74 Å². The van der Waals surface area contributed by atoms with Gasteiger partial charge in [0, 0.05) is 4.88 Å². The number of halogens is 3. The number of hydrogen-bond acceptors (Lipinski definition) is 2. The summed E-state index contributed by atoms with van der Waals surface area (Å²) >= 11 is 4.75. The van der Waals surface area contributed by atoms with E-state index >= 15 is 0 Å². The summed E-state index contributed by atoms with van der Waals surface area (Å²) in [6.07, 6.45) is -2.38. The molecule has 0 saturated heterocycles. The molecule has 0 fully saturated rings. The van der Waals surface area contributed by atoms with Crippen LogP contribution >= 0.6 is 27.3 Å². The van der Waals surface area contributed by atoms with Gasteiger partial charge < -0.3 is 4.74 Å². The van der Waals surface area contributed by atoms with Crippen molar-refractivity contribution in [3.05, 3.63) is 20.8 Å². The number of thiophene rings is 1. The zero-order valence-corrected chi connectivity index (χ0v) is 8.50. The van der Waals surface area contributed by atoms with E-state index in [0.717, 1.165) is 8.66 Å². The Balaban J connectivity index is 2.24. The van der Waals surface area contributed by atoms with E-state index in [-0.39, 0.29) is 6.61 Å². The topological polar surface area (TPSA) is 9.23 Å². The Hall–Kier alpha value is -0.0000000000000000833. The molecule has 0 aromatic carbocycles. The van der Waals surface area contributed by atoms with Crippen LogP contribution in [0, 0.1) is 0 Å². The summed E-state index contributed by atoms with van der Waals surface area (Å²) in [5.41, 5.74) is 0. The number of alkyl halides is 2. The van der Waals surface area contributed by atoms with Crippen molar-refractivity contribution < 1.29 is 13.5 Å². The van der Waals surface area contributed by atoms with Gasteiger partial charge in [-0.05, 0) is 28.1 Å². The molecule has 1 nitrogen and oxygen atoms in total. The van der Waals surface area contributed by atoms with E-state index in [1.54, 1.807) is 0 Å². The summed E-state index contributed by atoms with van der Waals surface area (Å²) in [7, 11) is 0. The highest BCUT2D eigenvalue weighted by Crippen LogP contribution is 2.22. The average molecular weight is 257 g/mol. The molecule has 0 atom stereocenters. The molecule has 0 N–H and O–H groups in total. The van der Waals surface area contributed by atoms with Gasteiger partial charge in [0.2, 0.25) is 0 Å². The second kappa shape index (κ2) is 4.89. The van der Waals surface area contributed by atoms with Gasteiger partial charge in [-0.3, -0.25) is 0 Å². The summed E-state index contributed by atoms with van der Waals surface area (Å²) in [4.78, 5) is 0.947. The molecule has 1 rings (SSSR count). The van der Waals surface area contributed by atoms with Crippen molar-refractivity contribution in [3.8, 4) is 0 Å². The van der Waals surface area contributed by atoms with E-state index < -0.39 is 13.0 Å². The van der Waals surface area contributed by atoms with Crippen LogP contribution in [0.3, 0.4) is 0 Å². The molecule has 0 unspecified atom stereocenters. The fraction of sp³-hybridized carbons (Fsp3) is 0.429. The molecule has 1 aromatic rings. The molecule has 12 heavy (non-hydrogen) atoms. The smallest absolute Gasteiger partial charge is 0.261 e. The number of ether oxygens (including phenoxy) is 1. The molecule has 0 radical (unpaired) electrons. The molecular weight excluding hydrogens is 250 g/mol. The van der Waals surface area contributed by atoms with Crippen molar-refractivity contribution in [2.24, 2.45) is 0 Å². The minimum atomic E-state index is -2.38. The van der Waals surface area contributed by atoms with Gasteiger partial charge in [0.15, 0.2) is 0 Å². The second-order valence-electron chi connectivity index (χ2n) is 2.11. The van der Waals surface area contributed by atoms with Gasteiger partial charge in [0.05, 0.1) is 10.4 Å². The lowest BCUT2D eigenvalue weighted by Gasteiger charge is -1.99. The maximum atomic E-state index is 11.6. The molecule has 0 spiro atoms. The van der Waals surface area contributed by atoms with Crippen LogP contribution < -0.4 is 0 Å². The number of hydrogen-bond donors (Lipinski definition) is 0. The van der Waals surface area contributed by atoms with Crippen molar-refractivity contribution in [2.75, 3.05) is 6.61 Å². The predicted molar refractivity (Wildman–Crippen MR) is 47.7 cm³/mol. The van der Waals surface area contributed by atoms with Gasteiger partial charge in [-0.25, -0.2) is 8.78 Å². The van der Waals surface area contributed by atoms with Crippen LogP contribution in [0.2, 0.25) is 0 Å². The predicted octanol–water partition coefficient (Wildman–Crippen LogP) is 3.29. The van der Waals surface area contributed by atoms with Crippen LogP contribution in [0.25, 0.3) is 0 Å². The summed E-state index contributed by atoms with van der Waals surface area (Å²) in [5, 5.41) is 0. The molecule has 0 saturated carbocycles. The Morgan fingerprint density at radius 1 is 1.50 bits per heavy atom. The Morgan fingerprint density at radius 3 is 2.75 bits per heavy atom. The molecule has 0 amide bonds. The summed E-state index contributed by atoms with van der Waals surface area (Å²) in [5.74, 6) is 0. The van der Waals surface area contributed by atoms with Crippen LogP contribution in [0.5, 0.6) is 0 Å². The summed E-state index contributed by atoms with van der Waals surface area (Å²) < 4.78 is 28.9. The van der Waals surface area contributed by atoms with Gasteiger partial charge >= 0.3 is 0 Å². The first-order chi connectivity index (χ1) is 5.68. The minimum absolute atomic E-state index is 0.264. The van der Waals surface area contributed by atoms with Crippen LogP contribution in [-0.4, -0.2) is 13.0 Å². The van der Waals surface area contributed by atoms with Crippen molar-refractivity contribution in [2.45, 2.75) is 13.0 Å². The Bertz CT molecular complexity index is 239. The van der Waals surface area contributed by atoms with Gasteiger partial charge in [0.1, 0.15) is 6.61 Å². The molecule has 0 aliphatic rings. The third-order valence-electron chi connectivity index (χ3n) is 1.12. The normalized spacial score (nSPS) is 11.0. The Labute approximate surface area is 81.5 Å². The molecular formula is C7H7BrF2OS. The highest BCUT2D eigenvalue weighted by atomic mass is 79.9. The molecule has 0 bridgehead atoms. The SMILES string of the molecule is FC(F)COCc1ccc(Br)s1. The van der Waals surface area contributed by atoms with Crippen LogP contribution in [0.4, 0.5) is 8.78 Å². The van der Waals surface area contributed by atoms with E-state index in [1.165, 1.54) is 11.3 Å². The maximum absolute atomic E-state index is 11.6. The van der Waals surface area contributed by atoms with Gasteiger partial charge in [-0.15, -0.1) is 11.3 Å². The fourth-order valence-electron chi connectivity index (χ4n) is 0.678. The van der Waals surface area contributed by atoms with E-state index in [0.29, 0.717) is 0 Å². The third-order valence-corrected chi connectivity index (χ3v) is 2.71. The molecule has 1 aromatic heterocycles. The average Bonchev–Trinajstić information content (AvgIpc) is 2.35.